The molecule has 2 heteroatoms. The third kappa shape index (κ3) is 2.79. The van der Waals surface area contributed by atoms with Crippen LogP contribution >= 0.6 is 0 Å². The van der Waals surface area contributed by atoms with Crippen molar-refractivity contribution in [2.75, 3.05) is 0 Å². The average Bonchev–Trinajstić information content (AvgIpc) is 2.09. The minimum absolute atomic E-state index is 0.412. The number of hydrogen-bond donors (Lipinski definition) is 0. The van der Waals surface area contributed by atoms with Crippen molar-refractivity contribution in [2.24, 2.45) is 11.8 Å². The van der Waals surface area contributed by atoms with Gasteiger partial charge in [-0.15, -0.1) is 0 Å². The Balaban J connectivity index is 2.77. The molecule has 0 amide bonds. The van der Waals surface area contributed by atoms with E-state index in [1.54, 1.807) is 0 Å². The zero-order chi connectivity index (χ0) is 10.7. The van der Waals surface area contributed by atoms with E-state index in [2.05, 4.69) is 20.8 Å². The van der Waals surface area contributed by atoms with Crippen LogP contribution in [0.2, 0.25) is 0 Å². The lowest BCUT2D eigenvalue weighted by molar-refractivity contribution is 0.410. The van der Waals surface area contributed by atoms with E-state index in [1.807, 2.05) is 0 Å². The van der Waals surface area contributed by atoms with Gasteiger partial charge in [0.1, 0.15) is 11.6 Å². The van der Waals surface area contributed by atoms with Crippen LogP contribution in [0.15, 0.2) is 18.2 Å². The van der Waals surface area contributed by atoms with Gasteiger partial charge < -0.3 is 0 Å². The predicted octanol–water partition coefficient (Wildman–Crippen LogP) is 3.80. The van der Waals surface area contributed by atoms with Crippen LogP contribution in [0, 0.1) is 23.5 Å². The molecule has 0 N–H and O–H groups in total. The molecular weight excluding hydrogens is 182 g/mol. The monoisotopic (exact) mass is 198 g/mol. The van der Waals surface area contributed by atoms with Crippen LogP contribution in [-0.4, -0.2) is 0 Å². The molecule has 0 radical (unpaired) electrons. The zero-order valence-electron chi connectivity index (χ0n) is 8.85. The molecule has 0 aliphatic carbocycles. The van der Waals surface area contributed by atoms with Crippen LogP contribution in [0.5, 0.6) is 0 Å². The Morgan fingerprint density at radius 1 is 1.14 bits per heavy atom. The van der Waals surface area contributed by atoms with Gasteiger partial charge in [-0.2, -0.15) is 0 Å². The second kappa shape index (κ2) is 4.54. The molecule has 1 rings (SSSR count). The SMILES string of the molecule is CC(C)C(C)Cc1ccc(F)cc1F. The van der Waals surface area contributed by atoms with Crippen molar-refractivity contribution < 1.29 is 8.78 Å². The van der Waals surface area contributed by atoms with Crippen molar-refractivity contribution in [3.8, 4) is 0 Å². The molecule has 0 heterocycles. The molecule has 1 unspecified atom stereocenters. The van der Waals surface area contributed by atoms with Crippen LogP contribution in [0.25, 0.3) is 0 Å². The summed E-state index contributed by atoms with van der Waals surface area (Å²) >= 11 is 0. The van der Waals surface area contributed by atoms with E-state index < -0.39 is 11.6 Å². The normalized spacial score (nSPS) is 13.3. The first kappa shape index (κ1) is 11.2. The van der Waals surface area contributed by atoms with Gasteiger partial charge >= 0.3 is 0 Å². The van der Waals surface area contributed by atoms with Crippen LogP contribution in [0.3, 0.4) is 0 Å². The number of halogens is 2. The molecule has 0 bridgehead atoms. The largest absolute Gasteiger partial charge is 0.207 e. The van der Waals surface area contributed by atoms with Crippen LogP contribution in [0.4, 0.5) is 8.78 Å². The van der Waals surface area contributed by atoms with Crippen molar-refractivity contribution in [2.45, 2.75) is 27.2 Å². The Bertz CT molecular complexity index is 305. The average molecular weight is 198 g/mol. The summed E-state index contributed by atoms with van der Waals surface area (Å²) in [5.41, 5.74) is 0.604. The molecule has 0 aliphatic rings. The quantitative estimate of drug-likeness (QED) is 0.693. The lowest BCUT2D eigenvalue weighted by Gasteiger charge is -2.15. The van der Waals surface area contributed by atoms with Crippen molar-refractivity contribution in [1.82, 2.24) is 0 Å². The summed E-state index contributed by atoms with van der Waals surface area (Å²) in [4.78, 5) is 0. The Morgan fingerprint density at radius 2 is 1.79 bits per heavy atom. The van der Waals surface area contributed by atoms with Crippen LogP contribution in [0.1, 0.15) is 26.3 Å². The summed E-state index contributed by atoms with van der Waals surface area (Å²) in [5.74, 6) is -0.0182. The first-order chi connectivity index (χ1) is 6.50. The molecule has 1 atom stereocenters. The number of benzene rings is 1. The number of hydrogen-bond acceptors (Lipinski definition) is 0. The summed E-state index contributed by atoms with van der Waals surface area (Å²) in [6.45, 7) is 6.28. The number of rotatable bonds is 3. The van der Waals surface area contributed by atoms with Gasteiger partial charge in [-0.05, 0) is 29.9 Å². The maximum absolute atomic E-state index is 13.2. The summed E-state index contributed by atoms with van der Waals surface area (Å²) in [5, 5.41) is 0. The minimum atomic E-state index is -0.511. The van der Waals surface area contributed by atoms with Crippen LogP contribution in [-0.2, 0) is 6.42 Å². The van der Waals surface area contributed by atoms with Gasteiger partial charge in [0.15, 0.2) is 0 Å². The van der Waals surface area contributed by atoms with E-state index >= 15 is 0 Å². The fourth-order valence-electron chi connectivity index (χ4n) is 1.27. The van der Waals surface area contributed by atoms with Gasteiger partial charge in [-0.3, -0.25) is 0 Å². The molecule has 78 valence electrons. The third-order valence-corrected chi connectivity index (χ3v) is 2.70. The second-order valence-electron chi connectivity index (χ2n) is 4.16. The van der Waals surface area contributed by atoms with E-state index in [-0.39, 0.29) is 0 Å². The second-order valence-corrected chi connectivity index (χ2v) is 4.16. The van der Waals surface area contributed by atoms with E-state index in [4.69, 9.17) is 0 Å². The van der Waals surface area contributed by atoms with Crippen molar-refractivity contribution in [3.05, 3.63) is 35.4 Å². The molecule has 0 spiro atoms. The van der Waals surface area contributed by atoms with Gasteiger partial charge in [0.2, 0.25) is 0 Å². The van der Waals surface area contributed by atoms with E-state index in [0.29, 0.717) is 23.8 Å². The van der Waals surface area contributed by atoms with Crippen molar-refractivity contribution in [3.63, 3.8) is 0 Å². The maximum atomic E-state index is 13.2. The highest BCUT2D eigenvalue weighted by atomic mass is 19.1. The Morgan fingerprint density at radius 3 is 2.29 bits per heavy atom. The van der Waals surface area contributed by atoms with E-state index in [9.17, 15) is 8.78 Å². The van der Waals surface area contributed by atoms with Gasteiger partial charge in [0.25, 0.3) is 0 Å². The molecule has 0 aromatic heterocycles. The smallest absolute Gasteiger partial charge is 0.129 e. The molecule has 0 aliphatic heterocycles. The Kier molecular flexibility index (Phi) is 3.62. The van der Waals surface area contributed by atoms with Crippen molar-refractivity contribution >= 4 is 0 Å². The highest BCUT2D eigenvalue weighted by Crippen LogP contribution is 2.19. The first-order valence-corrected chi connectivity index (χ1v) is 4.94. The highest BCUT2D eigenvalue weighted by Gasteiger charge is 2.11. The zero-order valence-corrected chi connectivity index (χ0v) is 8.85. The first-order valence-electron chi connectivity index (χ1n) is 4.94. The highest BCUT2D eigenvalue weighted by molar-refractivity contribution is 5.19. The lowest BCUT2D eigenvalue weighted by Crippen LogP contribution is -2.08. The lowest BCUT2D eigenvalue weighted by atomic mass is 9.91. The fraction of sp³-hybridized carbons (Fsp3) is 0.500. The molecular formula is C12H16F2. The predicted molar refractivity (Wildman–Crippen MR) is 54.1 cm³/mol. The summed E-state index contributed by atoms with van der Waals surface area (Å²) < 4.78 is 25.8. The topological polar surface area (TPSA) is 0 Å². The maximum Gasteiger partial charge on any atom is 0.129 e. The van der Waals surface area contributed by atoms with E-state index in [0.717, 1.165) is 6.07 Å². The summed E-state index contributed by atoms with van der Waals surface area (Å²) in [6, 6.07) is 3.79. The molecule has 1 aromatic carbocycles. The Hall–Kier alpha value is -0.920. The molecule has 0 fully saturated rings. The molecule has 0 nitrogen and oxygen atoms in total. The third-order valence-electron chi connectivity index (χ3n) is 2.70. The molecule has 1 aromatic rings. The van der Waals surface area contributed by atoms with E-state index in [1.165, 1.54) is 12.1 Å². The van der Waals surface area contributed by atoms with Gasteiger partial charge in [-0.25, -0.2) is 8.78 Å². The Labute approximate surface area is 84.0 Å². The fourth-order valence-corrected chi connectivity index (χ4v) is 1.27. The van der Waals surface area contributed by atoms with Gasteiger partial charge in [0.05, 0.1) is 0 Å². The van der Waals surface area contributed by atoms with Gasteiger partial charge in [0, 0.05) is 6.07 Å². The van der Waals surface area contributed by atoms with Gasteiger partial charge in [-0.1, -0.05) is 26.8 Å². The summed E-state index contributed by atoms with van der Waals surface area (Å²) in [6.07, 6.45) is 0.670. The minimum Gasteiger partial charge on any atom is -0.207 e. The van der Waals surface area contributed by atoms with Crippen LogP contribution < -0.4 is 0 Å². The molecule has 14 heavy (non-hydrogen) atoms. The molecule has 0 saturated heterocycles. The van der Waals surface area contributed by atoms with Crippen molar-refractivity contribution in [1.29, 1.82) is 0 Å². The summed E-state index contributed by atoms with van der Waals surface area (Å²) in [7, 11) is 0. The standard InChI is InChI=1S/C12H16F2/c1-8(2)9(3)6-10-4-5-11(13)7-12(10)14/h4-5,7-9H,6H2,1-3H3. The molecule has 0 saturated carbocycles.